The summed E-state index contributed by atoms with van der Waals surface area (Å²) in [5.41, 5.74) is 4.17. The van der Waals surface area contributed by atoms with E-state index in [1.54, 1.807) is 0 Å². The maximum atomic E-state index is 12.0. The lowest BCUT2D eigenvalue weighted by Gasteiger charge is -2.08. The van der Waals surface area contributed by atoms with Gasteiger partial charge in [-0.15, -0.1) is 0 Å². The zero-order valence-electron chi connectivity index (χ0n) is 11.4. The molecule has 2 rings (SSSR count). The summed E-state index contributed by atoms with van der Waals surface area (Å²) >= 11 is 2.07. The average Bonchev–Trinajstić information content (AvgIpc) is 2.33. The zero-order chi connectivity index (χ0) is 14.0. The van der Waals surface area contributed by atoms with Crippen LogP contribution in [0.15, 0.2) is 23.0 Å². The summed E-state index contributed by atoms with van der Waals surface area (Å²) in [6.45, 7) is 6.19. The third-order valence-corrected chi connectivity index (χ3v) is 4.03. The van der Waals surface area contributed by atoms with Gasteiger partial charge >= 0.3 is 0 Å². The van der Waals surface area contributed by atoms with E-state index < -0.39 is 0 Å². The van der Waals surface area contributed by atoms with Crippen molar-refractivity contribution >= 4 is 22.6 Å². The Morgan fingerprint density at radius 1 is 1.21 bits per heavy atom. The Labute approximate surface area is 126 Å². The molecule has 19 heavy (non-hydrogen) atoms. The van der Waals surface area contributed by atoms with Gasteiger partial charge in [-0.3, -0.25) is 4.79 Å². The number of nitrogens with one attached hydrogen (secondary N) is 1. The highest BCUT2D eigenvalue weighted by molar-refractivity contribution is 14.1. The molecule has 3 nitrogen and oxygen atoms in total. The van der Waals surface area contributed by atoms with Crippen LogP contribution < -0.4 is 5.56 Å². The van der Waals surface area contributed by atoms with Gasteiger partial charge in [0.1, 0.15) is 5.82 Å². The summed E-state index contributed by atoms with van der Waals surface area (Å²) in [6, 6.07) is 6.21. The molecule has 2 aromatic rings. The first-order valence-electron chi connectivity index (χ1n) is 6.38. The van der Waals surface area contributed by atoms with E-state index in [0.29, 0.717) is 9.39 Å². The van der Waals surface area contributed by atoms with Crippen LogP contribution in [0.5, 0.6) is 0 Å². The van der Waals surface area contributed by atoms with Gasteiger partial charge in [0.15, 0.2) is 0 Å². The van der Waals surface area contributed by atoms with Crippen molar-refractivity contribution in [3.8, 4) is 11.4 Å². The predicted octanol–water partition coefficient (Wildman–Crippen LogP) is 3.61. The second-order valence-corrected chi connectivity index (χ2v) is 5.88. The van der Waals surface area contributed by atoms with Gasteiger partial charge in [-0.05, 0) is 55.0 Å². The van der Waals surface area contributed by atoms with Crippen LogP contribution in [0.4, 0.5) is 0 Å². The number of hydrogen-bond donors (Lipinski definition) is 1. The second-order valence-electron chi connectivity index (χ2n) is 4.80. The van der Waals surface area contributed by atoms with Crippen LogP contribution >= 0.6 is 22.6 Å². The van der Waals surface area contributed by atoms with E-state index in [1.807, 2.05) is 26.0 Å². The molecule has 4 heteroatoms. The molecule has 0 radical (unpaired) electrons. The zero-order valence-corrected chi connectivity index (χ0v) is 13.5. The Morgan fingerprint density at radius 2 is 1.84 bits per heavy atom. The van der Waals surface area contributed by atoms with Crippen LogP contribution in [-0.4, -0.2) is 9.97 Å². The number of aromatic amines is 1. The van der Waals surface area contributed by atoms with Gasteiger partial charge in [-0.25, -0.2) is 4.98 Å². The van der Waals surface area contributed by atoms with Gasteiger partial charge in [0.25, 0.3) is 5.56 Å². The van der Waals surface area contributed by atoms with Gasteiger partial charge in [0, 0.05) is 5.56 Å². The van der Waals surface area contributed by atoms with Crippen molar-refractivity contribution < 1.29 is 0 Å². The molecule has 1 N–H and O–H groups in total. The lowest BCUT2D eigenvalue weighted by molar-refractivity contribution is 0.860. The van der Waals surface area contributed by atoms with Crippen molar-refractivity contribution in [2.24, 2.45) is 0 Å². The minimum Gasteiger partial charge on any atom is -0.306 e. The second kappa shape index (κ2) is 5.86. The van der Waals surface area contributed by atoms with E-state index in [9.17, 15) is 4.79 Å². The van der Waals surface area contributed by atoms with E-state index in [2.05, 4.69) is 45.5 Å². The third kappa shape index (κ3) is 3.23. The number of rotatable bonds is 3. The quantitative estimate of drug-likeness (QED) is 0.842. The van der Waals surface area contributed by atoms with Gasteiger partial charge < -0.3 is 4.98 Å². The molecular formula is C15H17IN2O. The van der Waals surface area contributed by atoms with Crippen LogP contribution in [0.1, 0.15) is 30.2 Å². The van der Waals surface area contributed by atoms with E-state index in [-0.39, 0.29) is 5.56 Å². The van der Waals surface area contributed by atoms with E-state index in [4.69, 9.17) is 0 Å². The lowest BCUT2D eigenvalue weighted by atomic mass is 10.1. The number of aryl methyl sites for hydroxylation is 3. The molecule has 0 atom stereocenters. The van der Waals surface area contributed by atoms with Crippen LogP contribution in [0.3, 0.4) is 0 Å². The summed E-state index contributed by atoms with van der Waals surface area (Å²) in [4.78, 5) is 19.5. The SMILES string of the molecule is CCCc1nc(-c2cc(C)cc(C)c2)[nH]c(=O)c1I. The number of nitrogens with zero attached hydrogens (tertiary/aromatic N) is 1. The Morgan fingerprint density at radius 3 is 2.42 bits per heavy atom. The normalized spacial score (nSPS) is 10.7. The van der Waals surface area contributed by atoms with Crippen molar-refractivity contribution in [2.45, 2.75) is 33.6 Å². The molecular weight excluding hydrogens is 351 g/mol. The highest BCUT2D eigenvalue weighted by Gasteiger charge is 2.10. The molecule has 0 saturated heterocycles. The number of H-pyrrole nitrogens is 1. The molecule has 0 spiro atoms. The van der Waals surface area contributed by atoms with Crippen LogP contribution in [0.25, 0.3) is 11.4 Å². The smallest absolute Gasteiger partial charge is 0.264 e. The molecule has 100 valence electrons. The number of hydrogen-bond acceptors (Lipinski definition) is 2. The predicted molar refractivity (Wildman–Crippen MR) is 86.5 cm³/mol. The maximum absolute atomic E-state index is 12.0. The maximum Gasteiger partial charge on any atom is 0.264 e. The summed E-state index contributed by atoms with van der Waals surface area (Å²) < 4.78 is 0.701. The third-order valence-electron chi connectivity index (χ3n) is 2.91. The number of benzene rings is 1. The molecule has 0 aliphatic carbocycles. The molecule has 0 bridgehead atoms. The highest BCUT2D eigenvalue weighted by atomic mass is 127. The first-order chi connectivity index (χ1) is 9.01. The Hall–Kier alpha value is -1.17. The monoisotopic (exact) mass is 368 g/mol. The standard InChI is InChI=1S/C15H17IN2O/c1-4-5-12-13(16)15(19)18-14(17-12)11-7-9(2)6-10(3)8-11/h6-8H,4-5H2,1-3H3,(H,17,18,19). The van der Waals surface area contributed by atoms with Crippen molar-refractivity contribution in [3.05, 3.63) is 48.9 Å². The van der Waals surface area contributed by atoms with Crippen molar-refractivity contribution in [1.29, 1.82) is 0 Å². The molecule has 0 aliphatic heterocycles. The Balaban J connectivity index is 2.59. The fraction of sp³-hybridized carbons (Fsp3) is 0.333. The molecule has 1 aromatic carbocycles. The van der Waals surface area contributed by atoms with Crippen LogP contribution in [0, 0.1) is 17.4 Å². The topological polar surface area (TPSA) is 45.8 Å². The molecule has 0 fully saturated rings. The lowest BCUT2D eigenvalue weighted by Crippen LogP contribution is -2.16. The van der Waals surface area contributed by atoms with Crippen molar-refractivity contribution in [3.63, 3.8) is 0 Å². The fourth-order valence-electron chi connectivity index (χ4n) is 2.16. The van der Waals surface area contributed by atoms with Gasteiger partial charge in [0.2, 0.25) is 0 Å². The molecule has 0 aliphatic rings. The summed E-state index contributed by atoms with van der Waals surface area (Å²) in [5, 5.41) is 0. The van der Waals surface area contributed by atoms with Gasteiger partial charge in [-0.1, -0.05) is 30.5 Å². The van der Waals surface area contributed by atoms with Gasteiger partial charge in [0.05, 0.1) is 9.26 Å². The van der Waals surface area contributed by atoms with Crippen LogP contribution in [-0.2, 0) is 6.42 Å². The Kier molecular flexibility index (Phi) is 4.39. The molecule has 1 heterocycles. The first-order valence-corrected chi connectivity index (χ1v) is 7.46. The van der Waals surface area contributed by atoms with Gasteiger partial charge in [-0.2, -0.15) is 0 Å². The largest absolute Gasteiger partial charge is 0.306 e. The van der Waals surface area contributed by atoms with E-state index >= 15 is 0 Å². The minimum atomic E-state index is -0.0480. The number of halogens is 1. The molecule has 1 aromatic heterocycles. The minimum absolute atomic E-state index is 0.0480. The highest BCUT2D eigenvalue weighted by Crippen LogP contribution is 2.19. The van der Waals surface area contributed by atoms with Crippen LogP contribution in [0.2, 0.25) is 0 Å². The van der Waals surface area contributed by atoms with Crippen molar-refractivity contribution in [2.75, 3.05) is 0 Å². The van der Waals surface area contributed by atoms with E-state index in [1.165, 1.54) is 11.1 Å². The van der Waals surface area contributed by atoms with Crippen molar-refractivity contribution in [1.82, 2.24) is 9.97 Å². The summed E-state index contributed by atoms with van der Waals surface area (Å²) in [6.07, 6.45) is 1.82. The average molecular weight is 368 g/mol. The molecule has 0 saturated carbocycles. The van der Waals surface area contributed by atoms with E-state index in [0.717, 1.165) is 24.1 Å². The summed E-state index contributed by atoms with van der Waals surface area (Å²) in [5.74, 6) is 0.667. The summed E-state index contributed by atoms with van der Waals surface area (Å²) in [7, 11) is 0. The number of aromatic nitrogens is 2. The Bertz CT molecular complexity index is 641. The first kappa shape index (κ1) is 14.2. The molecule has 0 unspecified atom stereocenters. The fourth-order valence-corrected chi connectivity index (χ4v) is 2.68. The molecule has 0 amide bonds.